The third-order valence-electron chi connectivity index (χ3n) is 4.36. The summed E-state index contributed by atoms with van der Waals surface area (Å²) in [4.78, 5) is 12.1. The molecule has 0 spiro atoms. The molecule has 0 unspecified atom stereocenters. The van der Waals surface area contributed by atoms with E-state index in [4.69, 9.17) is 9.47 Å². The second kappa shape index (κ2) is 7.88. The van der Waals surface area contributed by atoms with Gasteiger partial charge >= 0.3 is 0 Å². The first kappa shape index (κ1) is 17.1. The van der Waals surface area contributed by atoms with Gasteiger partial charge in [-0.25, -0.2) is 0 Å². The zero-order chi connectivity index (χ0) is 17.6. The van der Waals surface area contributed by atoms with E-state index in [1.54, 1.807) is 20.3 Å². The minimum absolute atomic E-state index is 0.134. The summed E-state index contributed by atoms with van der Waals surface area (Å²) in [5.74, 6) is 1.16. The molecule has 1 amide bonds. The molecule has 6 heteroatoms. The first-order chi connectivity index (χ1) is 12.2. The van der Waals surface area contributed by atoms with Crippen molar-refractivity contribution in [2.45, 2.75) is 32.4 Å². The van der Waals surface area contributed by atoms with Gasteiger partial charge in [-0.05, 0) is 43.0 Å². The number of amides is 1. The standard InChI is InChI=1S/C19H23N3O3/c1-24-17-8-6-14(11-18(17)25-2)7-9-19(23)20-12-15-13-21-22-10-4-3-5-16(15)22/h6-9,11,13H,3-5,10,12H2,1-2H3,(H,20,23). The summed E-state index contributed by atoms with van der Waals surface area (Å²) in [5, 5.41) is 7.31. The molecule has 1 aromatic heterocycles. The molecule has 0 radical (unpaired) electrons. The Labute approximate surface area is 147 Å². The van der Waals surface area contributed by atoms with Gasteiger partial charge in [0.1, 0.15) is 0 Å². The highest BCUT2D eigenvalue weighted by molar-refractivity contribution is 5.91. The van der Waals surface area contributed by atoms with Crippen molar-refractivity contribution in [1.82, 2.24) is 15.1 Å². The smallest absolute Gasteiger partial charge is 0.244 e. The summed E-state index contributed by atoms with van der Waals surface area (Å²) in [6, 6.07) is 5.52. The summed E-state index contributed by atoms with van der Waals surface area (Å²) < 4.78 is 12.5. The molecule has 1 aliphatic heterocycles. The number of aromatic nitrogens is 2. The third kappa shape index (κ3) is 4.02. The molecule has 0 saturated heterocycles. The van der Waals surface area contributed by atoms with Gasteiger partial charge in [-0.2, -0.15) is 5.10 Å². The van der Waals surface area contributed by atoms with E-state index in [2.05, 4.69) is 10.4 Å². The van der Waals surface area contributed by atoms with Gasteiger partial charge in [0.05, 0.1) is 20.4 Å². The summed E-state index contributed by atoms with van der Waals surface area (Å²) in [6.45, 7) is 1.48. The Bertz CT molecular complexity index is 780. The van der Waals surface area contributed by atoms with Crippen molar-refractivity contribution in [1.29, 1.82) is 0 Å². The molecule has 3 rings (SSSR count). The van der Waals surface area contributed by atoms with Crippen LogP contribution in [0.1, 0.15) is 29.7 Å². The number of ether oxygens (including phenoxy) is 2. The Kier molecular flexibility index (Phi) is 5.38. The van der Waals surface area contributed by atoms with Gasteiger partial charge in [-0.15, -0.1) is 0 Å². The molecular weight excluding hydrogens is 318 g/mol. The molecule has 25 heavy (non-hydrogen) atoms. The second-order valence-corrected chi connectivity index (χ2v) is 5.96. The Hall–Kier alpha value is -2.76. The topological polar surface area (TPSA) is 65.4 Å². The van der Waals surface area contributed by atoms with E-state index in [-0.39, 0.29) is 5.91 Å². The number of fused-ring (bicyclic) bond motifs is 1. The summed E-state index contributed by atoms with van der Waals surface area (Å²) in [7, 11) is 3.18. The Balaban J connectivity index is 1.59. The molecule has 6 nitrogen and oxygen atoms in total. The number of methoxy groups -OCH3 is 2. The van der Waals surface area contributed by atoms with Gasteiger partial charge in [0.25, 0.3) is 0 Å². The quantitative estimate of drug-likeness (QED) is 0.820. The number of benzene rings is 1. The minimum Gasteiger partial charge on any atom is -0.493 e. The first-order valence-corrected chi connectivity index (χ1v) is 8.42. The van der Waals surface area contributed by atoms with E-state index in [0.29, 0.717) is 18.0 Å². The van der Waals surface area contributed by atoms with E-state index >= 15 is 0 Å². The molecule has 132 valence electrons. The molecule has 2 heterocycles. The van der Waals surface area contributed by atoms with Crippen LogP contribution in [0.15, 0.2) is 30.5 Å². The van der Waals surface area contributed by atoms with Crippen LogP contribution >= 0.6 is 0 Å². The highest BCUT2D eigenvalue weighted by Crippen LogP contribution is 2.27. The molecule has 1 N–H and O–H groups in total. The molecule has 0 fully saturated rings. The van der Waals surface area contributed by atoms with Gasteiger partial charge in [0, 0.05) is 30.4 Å². The highest BCUT2D eigenvalue weighted by Gasteiger charge is 2.14. The molecule has 1 aliphatic rings. The number of nitrogens with one attached hydrogen (secondary N) is 1. The average molecular weight is 341 g/mol. The highest BCUT2D eigenvalue weighted by atomic mass is 16.5. The SMILES string of the molecule is COc1ccc(C=CC(=O)NCc2cnn3c2CCCC3)cc1OC. The fourth-order valence-electron chi connectivity index (χ4n) is 3.00. The zero-order valence-electron chi connectivity index (χ0n) is 14.6. The molecule has 0 bridgehead atoms. The molecule has 1 aromatic carbocycles. The Morgan fingerprint density at radius 1 is 1.28 bits per heavy atom. The fraction of sp³-hybridized carbons (Fsp3) is 0.368. The minimum atomic E-state index is -0.134. The number of nitrogens with zero attached hydrogens (tertiary/aromatic N) is 2. The Morgan fingerprint density at radius 3 is 2.92 bits per heavy atom. The normalized spacial score (nSPS) is 13.5. The van der Waals surface area contributed by atoms with E-state index in [1.165, 1.54) is 24.6 Å². The molecular formula is C19H23N3O3. The summed E-state index contributed by atoms with van der Waals surface area (Å²) >= 11 is 0. The summed E-state index contributed by atoms with van der Waals surface area (Å²) in [5.41, 5.74) is 3.22. The maximum atomic E-state index is 12.1. The van der Waals surface area contributed by atoms with Crippen LogP contribution in [0, 0.1) is 0 Å². The van der Waals surface area contributed by atoms with Crippen LogP contribution in [0.5, 0.6) is 11.5 Å². The maximum absolute atomic E-state index is 12.1. The lowest BCUT2D eigenvalue weighted by molar-refractivity contribution is -0.116. The predicted molar refractivity (Wildman–Crippen MR) is 95.6 cm³/mol. The fourth-order valence-corrected chi connectivity index (χ4v) is 3.00. The van der Waals surface area contributed by atoms with Crippen LogP contribution in [0.4, 0.5) is 0 Å². The van der Waals surface area contributed by atoms with Crippen LogP contribution in [-0.2, 0) is 24.3 Å². The largest absolute Gasteiger partial charge is 0.493 e. The maximum Gasteiger partial charge on any atom is 0.244 e. The van der Waals surface area contributed by atoms with E-state index in [1.807, 2.05) is 29.1 Å². The number of carbonyl (C=O) groups is 1. The number of hydrogen-bond donors (Lipinski definition) is 1. The molecule has 0 aliphatic carbocycles. The summed E-state index contributed by atoms with van der Waals surface area (Å²) in [6.07, 6.45) is 8.54. The van der Waals surface area contributed by atoms with Crippen molar-refractivity contribution in [3.63, 3.8) is 0 Å². The van der Waals surface area contributed by atoms with E-state index < -0.39 is 0 Å². The van der Waals surface area contributed by atoms with E-state index in [9.17, 15) is 4.79 Å². The van der Waals surface area contributed by atoms with Gasteiger partial charge in [-0.1, -0.05) is 6.07 Å². The van der Waals surface area contributed by atoms with Crippen LogP contribution in [-0.4, -0.2) is 29.9 Å². The molecule has 2 aromatic rings. The van der Waals surface area contributed by atoms with Crippen molar-refractivity contribution >= 4 is 12.0 Å². The lowest BCUT2D eigenvalue weighted by Gasteiger charge is -2.14. The van der Waals surface area contributed by atoms with Crippen molar-refractivity contribution in [2.75, 3.05) is 14.2 Å². The third-order valence-corrected chi connectivity index (χ3v) is 4.36. The van der Waals surface area contributed by atoms with Crippen LogP contribution in [0.3, 0.4) is 0 Å². The first-order valence-electron chi connectivity index (χ1n) is 8.42. The van der Waals surface area contributed by atoms with Crippen LogP contribution < -0.4 is 14.8 Å². The van der Waals surface area contributed by atoms with Crippen LogP contribution in [0.25, 0.3) is 6.08 Å². The van der Waals surface area contributed by atoms with Crippen molar-refractivity contribution < 1.29 is 14.3 Å². The van der Waals surface area contributed by atoms with Crippen LogP contribution in [0.2, 0.25) is 0 Å². The molecule has 0 saturated carbocycles. The van der Waals surface area contributed by atoms with Gasteiger partial charge in [-0.3, -0.25) is 9.48 Å². The van der Waals surface area contributed by atoms with Gasteiger partial charge < -0.3 is 14.8 Å². The Morgan fingerprint density at radius 2 is 2.12 bits per heavy atom. The van der Waals surface area contributed by atoms with Gasteiger partial charge in [0.2, 0.25) is 5.91 Å². The number of hydrogen-bond acceptors (Lipinski definition) is 4. The van der Waals surface area contributed by atoms with E-state index in [0.717, 1.165) is 24.1 Å². The lowest BCUT2D eigenvalue weighted by atomic mass is 10.1. The number of aryl methyl sites for hydroxylation is 1. The second-order valence-electron chi connectivity index (χ2n) is 5.96. The lowest BCUT2D eigenvalue weighted by Crippen LogP contribution is -2.21. The molecule has 0 atom stereocenters. The average Bonchev–Trinajstić information content (AvgIpc) is 3.07. The van der Waals surface area contributed by atoms with Crippen molar-refractivity contribution in [3.05, 3.63) is 47.3 Å². The number of carbonyl (C=O) groups excluding carboxylic acids is 1. The van der Waals surface area contributed by atoms with Gasteiger partial charge in [0.15, 0.2) is 11.5 Å². The number of rotatable bonds is 6. The monoisotopic (exact) mass is 341 g/mol. The predicted octanol–water partition coefficient (Wildman–Crippen LogP) is 2.57. The van der Waals surface area contributed by atoms with Crippen molar-refractivity contribution in [2.24, 2.45) is 0 Å². The zero-order valence-corrected chi connectivity index (χ0v) is 14.6. The van der Waals surface area contributed by atoms with Crippen molar-refractivity contribution in [3.8, 4) is 11.5 Å².